The number of benzene rings is 2. The number of aromatic nitrogens is 3. The van der Waals surface area contributed by atoms with Gasteiger partial charge in [-0.15, -0.1) is 0 Å². The normalized spacial score (nSPS) is 11.4. The van der Waals surface area contributed by atoms with Crippen LogP contribution in [0.25, 0.3) is 22.1 Å². The van der Waals surface area contributed by atoms with Crippen LogP contribution in [-0.4, -0.2) is 15.0 Å². The number of thioether (sulfide) groups is 1. The summed E-state index contributed by atoms with van der Waals surface area (Å²) in [5.41, 5.74) is 3.75. The van der Waals surface area contributed by atoms with Crippen LogP contribution in [0, 0.1) is 0 Å². The number of oxazole rings is 1. The third-order valence-electron chi connectivity index (χ3n) is 3.04. The molecule has 0 fully saturated rings. The Kier molecular flexibility index (Phi) is 2.70. The zero-order valence-electron chi connectivity index (χ0n) is 10.5. The standard InChI is InChI=1S/C15H11N3OS/c1-2-6-11-10(5-1)17-15(18-11)20-9-14-16-12-7-3-4-8-13(12)19-14/h1-8H,9H2,(H,17,18). The van der Waals surface area contributed by atoms with Crippen LogP contribution in [-0.2, 0) is 5.75 Å². The minimum absolute atomic E-state index is 0.661. The molecule has 2 heterocycles. The van der Waals surface area contributed by atoms with Gasteiger partial charge in [0.25, 0.3) is 0 Å². The van der Waals surface area contributed by atoms with E-state index >= 15 is 0 Å². The molecule has 0 aliphatic heterocycles. The highest BCUT2D eigenvalue weighted by Crippen LogP contribution is 2.24. The van der Waals surface area contributed by atoms with Crippen molar-refractivity contribution < 1.29 is 4.42 Å². The molecule has 0 spiro atoms. The smallest absolute Gasteiger partial charge is 0.205 e. The molecule has 98 valence electrons. The Morgan fingerprint density at radius 2 is 1.75 bits per heavy atom. The van der Waals surface area contributed by atoms with Crippen LogP contribution in [0.5, 0.6) is 0 Å². The Balaban J connectivity index is 1.57. The maximum Gasteiger partial charge on any atom is 0.205 e. The van der Waals surface area contributed by atoms with Gasteiger partial charge >= 0.3 is 0 Å². The van der Waals surface area contributed by atoms with Crippen LogP contribution in [0.1, 0.15) is 5.89 Å². The fraction of sp³-hybridized carbons (Fsp3) is 0.0667. The number of para-hydroxylation sites is 4. The Morgan fingerprint density at radius 1 is 0.950 bits per heavy atom. The number of aromatic amines is 1. The number of hydrogen-bond acceptors (Lipinski definition) is 4. The lowest BCUT2D eigenvalue weighted by atomic mass is 10.3. The van der Waals surface area contributed by atoms with Crippen LogP contribution in [0.15, 0.2) is 58.1 Å². The molecule has 2 aromatic heterocycles. The number of hydrogen-bond donors (Lipinski definition) is 1. The zero-order chi connectivity index (χ0) is 13.4. The van der Waals surface area contributed by atoms with Gasteiger partial charge in [-0.1, -0.05) is 36.0 Å². The topological polar surface area (TPSA) is 54.7 Å². The van der Waals surface area contributed by atoms with Crippen molar-refractivity contribution in [2.75, 3.05) is 0 Å². The van der Waals surface area contributed by atoms with E-state index in [0.29, 0.717) is 5.75 Å². The summed E-state index contributed by atoms with van der Waals surface area (Å²) in [5.74, 6) is 1.38. The summed E-state index contributed by atoms with van der Waals surface area (Å²) >= 11 is 1.59. The van der Waals surface area contributed by atoms with Crippen molar-refractivity contribution in [2.45, 2.75) is 10.9 Å². The molecule has 0 atom stereocenters. The van der Waals surface area contributed by atoms with Crippen LogP contribution in [0.4, 0.5) is 0 Å². The molecular formula is C15H11N3OS. The molecule has 20 heavy (non-hydrogen) atoms. The molecule has 0 aliphatic rings. The Morgan fingerprint density at radius 3 is 2.60 bits per heavy atom. The molecule has 0 saturated heterocycles. The van der Waals surface area contributed by atoms with E-state index < -0.39 is 0 Å². The number of imidazole rings is 1. The lowest BCUT2D eigenvalue weighted by Crippen LogP contribution is -1.81. The predicted octanol–water partition coefficient (Wildman–Crippen LogP) is 4.00. The van der Waals surface area contributed by atoms with E-state index in [0.717, 1.165) is 33.2 Å². The van der Waals surface area contributed by atoms with Crippen molar-refractivity contribution in [2.24, 2.45) is 0 Å². The third-order valence-corrected chi connectivity index (χ3v) is 3.90. The molecular weight excluding hydrogens is 270 g/mol. The number of fused-ring (bicyclic) bond motifs is 2. The summed E-state index contributed by atoms with van der Waals surface area (Å²) in [5, 5.41) is 0.883. The van der Waals surface area contributed by atoms with E-state index in [2.05, 4.69) is 15.0 Å². The molecule has 0 bridgehead atoms. The monoisotopic (exact) mass is 281 g/mol. The first-order valence-electron chi connectivity index (χ1n) is 6.30. The summed E-state index contributed by atoms with van der Waals surface area (Å²) in [6.45, 7) is 0. The van der Waals surface area contributed by atoms with Gasteiger partial charge in [-0.25, -0.2) is 9.97 Å². The summed E-state index contributed by atoms with van der Waals surface area (Å²) in [7, 11) is 0. The summed E-state index contributed by atoms with van der Waals surface area (Å²) in [4.78, 5) is 12.3. The second kappa shape index (κ2) is 4.68. The van der Waals surface area contributed by atoms with Crippen molar-refractivity contribution in [3.63, 3.8) is 0 Å². The summed E-state index contributed by atoms with van der Waals surface area (Å²) < 4.78 is 5.69. The molecule has 5 heteroatoms. The fourth-order valence-corrected chi connectivity index (χ4v) is 2.84. The Labute approximate surface area is 119 Å². The minimum Gasteiger partial charge on any atom is -0.440 e. The number of H-pyrrole nitrogens is 1. The van der Waals surface area contributed by atoms with Gasteiger partial charge in [0.2, 0.25) is 5.89 Å². The van der Waals surface area contributed by atoms with Gasteiger partial charge in [0.15, 0.2) is 10.7 Å². The quantitative estimate of drug-likeness (QED) is 0.577. The molecule has 4 aromatic rings. The van der Waals surface area contributed by atoms with Crippen LogP contribution in [0.2, 0.25) is 0 Å². The predicted molar refractivity (Wildman–Crippen MR) is 79.7 cm³/mol. The SMILES string of the molecule is c1ccc2[nH]c(SCc3nc4ccccc4o3)nc2c1. The van der Waals surface area contributed by atoms with Gasteiger partial charge in [0.05, 0.1) is 16.8 Å². The maximum atomic E-state index is 5.69. The highest BCUT2D eigenvalue weighted by Gasteiger charge is 2.08. The highest BCUT2D eigenvalue weighted by molar-refractivity contribution is 7.98. The van der Waals surface area contributed by atoms with Crippen molar-refractivity contribution >= 4 is 33.9 Å². The fourth-order valence-electron chi connectivity index (χ4n) is 2.11. The first-order chi connectivity index (χ1) is 9.88. The largest absolute Gasteiger partial charge is 0.440 e. The van der Waals surface area contributed by atoms with Crippen LogP contribution >= 0.6 is 11.8 Å². The zero-order valence-corrected chi connectivity index (χ0v) is 11.4. The van der Waals surface area contributed by atoms with E-state index in [1.54, 1.807) is 11.8 Å². The van der Waals surface area contributed by atoms with Gasteiger partial charge in [-0.05, 0) is 24.3 Å². The molecule has 0 amide bonds. The van der Waals surface area contributed by atoms with E-state index in [1.165, 1.54) is 0 Å². The summed E-state index contributed by atoms with van der Waals surface area (Å²) in [6, 6.07) is 15.8. The van der Waals surface area contributed by atoms with Gasteiger partial charge in [0, 0.05) is 0 Å². The Hall–Kier alpha value is -2.27. The van der Waals surface area contributed by atoms with E-state index in [1.807, 2.05) is 48.5 Å². The molecule has 4 rings (SSSR count). The van der Waals surface area contributed by atoms with Gasteiger partial charge in [0.1, 0.15) is 5.52 Å². The van der Waals surface area contributed by atoms with E-state index in [-0.39, 0.29) is 0 Å². The van der Waals surface area contributed by atoms with Crippen LogP contribution < -0.4 is 0 Å². The number of nitrogens with zero attached hydrogens (tertiary/aromatic N) is 2. The number of nitrogens with one attached hydrogen (secondary N) is 1. The second-order valence-corrected chi connectivity index (χ2v) is 5.39. The van der Waals surface area contributed by atoms with Gasteiger partial charge in [-0.2, -0.15) is 0 Å². The maximum absolute atomic E-state index is 5.69. The van der Waals surface area contributed by atoms with Crippen molar-refractivity contribution in [3.05, 3.63) is 54.4 Å². The average molecular weight is 281 g/mol. The molecule has 1 N–H and O–H groups in total. The minimum atomic E-state index is 0.661. The average Bonchev–Trinajstić information content (AvgIpc) is 3.07. The summed E-state index contributed by atoms with van der Waals surface area (Å²) in [6.07, 6.45) is 0. The first kappa shape index (κ1) is 11.5. The molecule has 2 aromatic carbocycles. The third kappa shape index (κ3) is 2.06. The molecule has 0 aliphatic carbocycles. The first-order valence-corrected chi connectivity index (χ1v) is 7.29. The molecule has 4 nitrogen and oxygen atoms in total. The molecule has 0 unspecified atom stereocenters. The van der Waals surface area contributed by atoms with E-state index in [4.69, 9.17) is 4.42 Å². The second-order valence-electron chi connectivity index (χ2n) is 4.42. The molecule has 0 saturated carbocycles. The number of rotatable bonds is 3. The van der Waals surface area contributed by atoms with Crippen molar-refractivity contribution in [1.29, 1.82) is 0 Å². The van der Waals surface area contributed by atoms with Gasteiger partial charge in [-0.3, -0.25) is 0 Å². The van der Waals surface area contributed by atoms with E-state index in [9.17, 15) is 0 Å². The highest BCUT2D eigenvalue weighted by atomic mass is 32.2. The Bertz CT molecular complexity index is 741. The van der Waals surface area contributed by atoms with Gasteiger partial charge < -0.3 is 9.40 Å². The molecule has 0 radical (unpaired) electrons. The van der Waals surface area contributed by atoms with Crippen LogP contribution in [0.3, 0.4) is 0 Å². The lowest BCUT2D eigenvalue weighted by molar-refractivity contribution is 0.556. The van der Waals surface area contributed by atoms with Crippen molar-refractivity contribution in [3.8, 4) is 0 Å². The lowest BCUT2D eigenvalue weighted by Gasteiger charge is -1.91. The van der Waals surface area contributed by atoms with Crippen molar-refractivity contribution in [1.82, 2.24) is 15.0 Å².